The average molecular weight is 253 g/mol. The fraction of sp³-hybridized carbons (Fsp3) is 0.417. The van der Waals surface area contributed by atoms with E-state index in [0.717, 1.165) is 30.4 Å². The van der Waals surface area contributed by atoms with Gasteiger partial charge in [0.05, 0.1) is 13.2 Å². The largest absolute Gasteiger partial charge is 0.494 e. The molecule has 1 heterocycles. The monoisotopic (exact) mass is 253 g/mol. The Morgan fingerprint density at radius 3 is 3.06 bits per heavy atom. The van der Waals surface area contributed by atoms with Gasteiger partial charge in [0.2, 0.25) is 0 Å². The van der Waals surface area contributed by atoms with Crippen LogP contribution in [0.3, 0.4) is 0 Å². The molecular weight excluding hydrogens is 238 g/mol. The third-order valence-electron chi connectivity index (χ3n) is 2.18. The van der Waals surface area contributed by atoms with E-state index < -0.39 is 0 Å². The van der Waals surface area contributed by atoms with Crippen LogP contribution in [0.25, 0.3) is 0 Å². The van der Waals surface area contributed by atoms with E-state index in [9.17, 15) is 0 Å². The highest BCUT2D eigenvalue weighted by Gasteiger charge is 2.09. The molecule has 86 valence electrons. The molecule has 0 spiro atoms. The van der Waals surface area contributed by atoms with Crippen LogP contribution in [0.5, 0.6) is 5.75 Å². The molecule has 0 fully saturated rings. The first-order chi connectivity index (χ1) is 7.90. The van der Waals surface area contributed by atoms with E-state index >= 15 is 0 Å². The van der Waals surface area contributed by atoms with Gasteiger partial charge in [0.15, 0.2) is 0 Å². The number of benzene rings is 1. The van der Waals surface area contributed by atoms with E-state index in [4.69, 9.17) is 4.74 Å². The highest BCUT2D eigenvalue weighted by Crippen LogP contribution is 2.28. The molecule has 0 radical (unpaired) electrons. The lowest BCUT2D eigenvalue weighted by molar-refractivity contribution is 0.337. The van der Waals surface area contributed by atoms with E-state index in [1.54, 1.807) is 0 Å². The summed E-state index contributed by atoms with van der Waals surface area (Å²) >= 11 is 3.66. The maximum absolute atomic E-state index is 5.59. The number of nitrogens with zero attached hydrogens (tertiary/aromatic N) is 1. The van der Waals surface area contributed by atoms with Gasteiger partial charge in [-0.05, 0) is 13.0 Å². The van der Waals surface area contributed by atoms with Crippen LogP contribution in [0.15, 0.2) is 29.3 Å². The highest BCUT2D eigenvalue weighted by molar-refractivity contribution is 8.38. The Kier molecular flexibility index (Phi) is 4.60. The summed E-state index contributed by atoms with van der Waals surface area (Å²) in [7, 11) is 0. The van der Waals surface area contributed by atoms with Crippen molar-refractivity contribution in [2.75, 3.05) is 18.9 Å². The minimum Gasteiger partial charge on any atom is -0.494 e. The van der Waals surface area contributed by atoms with Crippen LogP contribution in [0.4, 0.5) is 0 Å². The van der Waals surface area contributed by atoms with E-state index in [2.05, 4.69) is 17.1 Å². The summed E-state index contributed by atoms with van der Waals surface area (Å²) in [6.07, 6.45) is 0. The van der Waals surface area contributed by atoms with Gasteiger partial charge in [-0.3, -0.25) is 4.99 Å². The molecule has 1 aromatic carbocycles. The molecule has 16 heavy (non-hydrogen) atoms. The van der Waals surface area contributed by atoms with Crippen molar-refractivity contribution in [1.82, 2.24) is 0 Å². The van der Waals surface area contributed by atoms with Crippen molar-refractivity contribution in [3.8, 4) is 5.75 Å². The predicted molar refractivity (Wildman–Crippen MR) is 73.7 cm³/mol. The number of thioether (sulfide) groups is 2. The molecule has 0 unspecified atom stereocenters. The Morgan fingerprint density at radius 2 is 2.31 bits per heavy atom. The summed E-state index contributed by atoms with van der Waals surface area (Å²) in [5.41, 5.74) is 1.25. The quantitative estimate of drug-likeness (QED) is 0.820. The zero-order chi connectivity index (χ0) is 11.2. The molecule has 0 saturated carbocycles. The number of para-hydroxylation sites is 1. The zero-order valence-electron chi connectivity index (χ0n) is 9.31. The number of ether oxygens (including phenoxy) is 1. The van der Waals surface area contributed by atoms with Crippen LogP contribution in [-0.2, 0) is 5.75 Å². The molecule has 0 bridgehead atoms. The van der Waals surface area contributed by atoms with Crippen LogP contribution in [0, 0.1) is 0 Å². The summed E-state index contributed by atoms with van der Waals surface area (Å²) in [5.74, 6) is 3.08. The van der Waals surface area contributed by atoms with Crippen molar-refractivity contribution >= 4 is 27.9 Å². The van der Waals surface area contributed by atoms with E-state index in [-0.39, 0.29) is 0 Å². The van der Waals surface area contributed by atoms with Gasteiger partial charge in [-0.15, -0.1) is 0 Å². The van der Waals surface area contributed by atoms with E-state index in [0.29, 0.717) is 0 Å². The first-order valence-corrected chi connectivity index (χ1v) is 7.38. The third-order valence-corrected chi connectivity index (χ3v) is 4.48. The van der Waals surface area contributed by atoms with Gasteiger partial charge in [0.1, 0.15) is 10.1 Å². The van der Waals surface area contributed by atoms with Crippen molar-refractivity contribution in [3.05, 3.63) is 29.8 Å². The second-order valence-electron chi connectivity index (χ2n) is 3.33. The molecule has 0 aliphatic carbocycles. The fourth-order valence-corrected chi connectivity index (χ4v) is 3.46. The van der Waals surface area contributed by atoms with Gasteiger partial charge in [0.25, 0.3) is 0 Å². The van der Waals surface area contributed by atoms with Crippen LogP contribution >= 0.6 is 23.5 Å². The third kappa shape index (κ3) is 3.19. The molecule has 2 nitrogen and oxygen atoms in total. The van der Waals surface area contributed by atoms with Crippen molar-refractivity contribution in [2.45, 2.75) is 12.7 Å². The van der Waals surface area contributed by atoms with E-state index in [1.165, 1.54) is 9.94 Å². The zero-order valence-corrected chi connectivity index (χ0v) is 10.9. The summed E-state index contributed by atoms with van der Waals surface area (Å²) in [4.78, 5) is 4.43. The van der Waals surface area contributed by atoms with E-state index in [1.807, 2.05) is 42.6 Å². The fourth-order valence-electron chi connectivity index (χ4n) is 1.46. The molecule has 0 atom stereocenters. The minimum atomic E-state index is 0.720. The van der Waals surface area contributed by atoms with Crippen LogP contribution in [-0.4, -0.2) is 23.3 Å². The second kappa shape index (κ2) is 6.21. The normalized spacial score (nSPS) is 14.9. The van der Waals surface area contributed by atoms with Crippen LogP contribution in [0.2, 0.25) is 0 Å². The van der Waals surface area contributed by atoms with Crippen molar-refractivity contribution < 1.29 is 4.74 Å². The number of rotatable bonds is 4. The first-order valence-electron chi connectivity index (χ1n) is 5.41. The smallest absolute Gasteiger partial charge is 0.124 e. The average Bonchev–Trinajstić information content (AvgIpc) is 2.81. The molecule has 2 rings (SSSR count). The van der Waals surface area contributed by atoms with Gasteiger partial charge in [-0.25, -0.2) is 0 Å². The topological polar surface area (TPSA) is 21.6 Å². The lowest BCUT2D eigenvalue weighted by Gasteiger charge is -2.09. The lowest BCUT2D eigenvalue weighted by atomic mass is 10.2. The standard InChI is InChI=1S/C12H15NOS2/c1-2-14-11-6-4-3-5-10(11)9-16-12-13-7-8-15-12/h3-6H,2,7-9H2,1H3. The first kappa shape index (κ1) is 11.9. The Hall–Kier alpha value is -0.610. The minimum absolute atomic E-state index is 0.720. The number of aliphatic imine (C=N–C) groups is 1. The molecular formula is C12H15NOS2. The van der Waals surface area contributed by atoms with Gasteiger partial charge in [-0.2, -0.15) is 0 Å². The second-order valence-corrected chi connectivity index (χ2v) is 5.63. The summed E-state index contributed by atoms with van der Waals surface area (Å²) in [6.45, 7) is 3.71. The van der Waals surface area contributed by atoms with Crippen molar-refractivity contribution in [1.29, 1.82) is 0 Å². The number of hydrogen-bond donors (Lipinski definition) is 0. The van der Waals surface area contributed by atoms with Crippen LogP contribution in [0.1, 0.15) is 12.5 Å². The molecule has 0 saturated heterocycles. The predicted octanol–water partition coefficient (Wildman–Crippen LogP) is 3.42. The molecule has 0 amide bonds. The Bertz CT molecular complexity index is 379. The number of hydrogen-bond acceptors (Lipinski definition) is 4. The summed E-state index contributed by atoms with van der Waals surface area (Å²) < 4.78 is 6.81. The van der Waals surface area contributed by atoms with Gasteiger partial charge in [0, 0.05) is 17.1 Å². The maximum atomic E-state index is 5.59. The maximum Gasteiger partial charge on any atom is 0.124 e. The van der Waals surface area contributed by atoms with Crippen molar-refractivity contribution in [2.24, 2.45) is 4.99 Å². The van der Waals surface area contributed by atoms with Gasteiger partial charge >= 0.3 is 0 Å². The lowest BCUT2D eigenvalue weighted by Crippen LogP contribution is -1.96. The molecule has 1 aliphatic rings. The SMILES string of the molecule is CCOc1ccccc1CSC1=NCCS1. The van der Waals surface area contributed by atoms with Crippen molar-refractivity contribution in [3.63, 3.8) is 0 Å². The molecule has 1 aliphatic heterocycles. The molecule has 0 aromatic heterocycles. The van der Waals surface area contributed by atoms with Crippen LogP contribution < -0.4 is 4.74 Å². The summed E-state index contributed by atoms with van der Waals surface area (Å²) in [5, 5.41) is 0. The highest BCUT2D eigenvalue weighted by atomic mass is 32.2. The Labute approximate surface area is 105 Å². The Balaban J connectivity index is 1.97. The summed E-state index contributed by atoms with van der Waals surface area (Å²) in [6, 6.07) is 8.23. The molecule has 1 aromatic rings. The van der Waals surface area contributed by atoms with Gasteiger partial charge in [-0.1, -0.05) is 41.7 Å². The van der Waals surface area contributed by atoms with Gasteiger partial charge < -0.3 is 4.74 Å². The molecule has 4 heteroatoms. The Morgan fingerprint density at radius 1 is 1.44 bits per heavy atom. The molecule has 0 N–H and O–H groups in total.